The maximum Gasteiger partial charge on any atom is 0.242 e. The largest absolute Gasteiger partial charge is 0.330 e. The zero-order valence-electron chi connectivity index (χ0n) is 15.5. The van der Waals surface area contributed by atoms with Crippen LogP contribution in [0.3, 0.4) is 0 Å². The number of aromatic nitrogens is 2. The normalized spacial score (nSPS) is 11.9. The first-order chi connectivity index (χ1) is 12.8. The molecule has 0 spiro atoms. The van der Waals surface area contributed by atoms with E-state index in [1.807, 2.05) is 28.8 Å². The summed E-state index contributed by atoms with van der Waals surface area (Å²) in [7, 11) is -0.605. The summed E-state index contributed by atoms with van der Waals surface area (Å²) in [6, 6.07) is 12.6. The number of aryl methyl sites for hydroxylation is 2. The summed E-state index contributed by atoms with van der Waals surface area (Å²) in [5.41, 5.74) is 2.95. The lowest BCUT2D eigenvalue weighted by molar-refractivity contribution is -0.116. The van der Waals surface area contributed by atoms with Crippen molar-refractivity contribution in [1.82, 2.24) is 13.9 Å². The van der Waals surface area contributed by atoms with Crippen molar-refractivity contribution in [1.29, 1.82) is 0 Å². The lowest BCUT2D eigenvalue weighted by Crippen LogP contribution is -2.23. The van der Waals surface area contributed by atoms with Crippen LogP contribution in [-0.4, -0.2) is 42.3 Å². The maximum absolute atomic E-state index is 12.4. The van der Waals surface area contributed by atoms with Gasteiger partial charge in [-0.3, -0.25) is 4.79 Å². The Kier molecular flexibility index (Phi) is 5.29. The lowest BCUT2D eigenvalue weighted by atomic mass is 10.2. The van der Waals surface area contributed by atoms with E-state index in [1.54, 1.807) is 25.4 Å². The van der Waals surface area contributed by atoms with Crippen molar-refractivity contribution in [3.05, 3.63) is 54.4 Å². The van der Waals surface area contributed by atoms with E-state index in [2.05, 4.69) is 10.3 Å². The number of sulfonamides is 1. The number of imidazole rings is 1. The molecular weight excluding hydrogens is 364 g/mol. The molecule has 2 aromatic carbocycles. The summed E-state index contributed by atoms with van der Waals surface area (Å²) in [6.07, 6.45) is 1.97. The van der Waals surface area contributed by atoms with E-state index in [-0.39, 0.29) is 17.2 Å². The maximum atomic E-state index is 12.4. The van der Waals surface area contributed by atoms with Crippen LogP contribution in [-0.2, 0) is 21.4 Å². The predicted octanol–water partition coefficient (Wildman–Crippen LogP) is 2.62. The number of para-hydroxylation sites is 2. The van der Waals surface area contributed by atoms with E-state index >= 15 is 0 Å². The Labute approximate surface area is 158 Å². The summed E-state index contributed by atoms with van der Waals surface area (Å²) in [5.74, 6) is -0.190. The number of carbonyl (C=O) groups is 1. The molecule has 1 amide bonds. The van der Waals surface area contributed by atoms with Crippen LogP contribution in [0.5, 0.6) is 0 Å². The van der Waals surface area contributed by atoms with E-state index in [0.29, 0.717) is 17.8 Å². The molecule has 0 bridgehead atoms. The highest BCUT2D eigenvalue weighted by Gasteiger charge is 2.20. The van der Waals surface area contributed by atoms with Crippen molar-refractivity contribution < 1.29 is 13.2 Å². The molecule has 8 heteroatoms. The van der Waals surface area contributed by atoms with Crippen molar-refractivity contribution in [3.63, 3.8) is 0 Å². The minimum absolute atomic E-state index is 0.186. The van der Waals surface area contributed by atoms with Crippen molar-refractivity contribution >= 4 is 32.7 Å². The second-order valence-electron chi connectivity index (χ2n) is 6.49. The van der Waals surface area contributed by atoms with Gasteiger partial charge in [-0.15, -0.1) is 0 Å². The van der Waals surface area contributed by atoms with E-state index in [9.17, 15) is 13.2 Å². The number of carbonyl (C=O) groups excluding carboxylic acids is 1. The highest BCUT2D eigenvalue weighted by Crippen LogP contribution is 2.22. The zero-order valence-corrected chi connectivity index (χ0v) is 16.3. The molecule has 0 atom stereocenters. The third-order valence-electron chi connectivity index (χ3n) is 4.34. The summed E-state index contributed by atoms with van der Waals surface area (Å²) in [5, 5.41) is 2.78. The minimum atomic E-state index is -3.57. The van der Waals surface area contributed by atoms with Gasteiger partial charge in [-0.25, -0.2) is 17.7 Å². The summed E-state index contributed by atoms with van der Waals surface area (Å²) < 4.78 is 27.9. The molecule has 0 aliphatic carbocycles. The lowest BCUT2D eigenvalue weighted by Gasteiger charge is -2.15. The average molecular weight is 386 g/mol. The van der Waals surface area contributed by atoms with Gasteiger partial charge in [0.25, 0.3) is 0 Å². The van der Waals surface area contributed by atoms with E-state index in [0.717, 1.165) is 15.3 Å². The predicted molar refractivity (Wildman–Crippen MR) is 105 cm³/mol. The molecule has 1 aromatic heterocycles. The van der Waals surface area contributed by atoms with Crippen LogP contribution in [0.15, 0.2) is 53.7 Å². The van der Waals surface area contributed by atoms with Crippen LogP contribution in [0.1, 0.15) is 12.0 Å². The molecule has 142 valence electrons. The Morgan fingerprint density at radius 2 is 1.93 bits per heavy atom. The molecule has 1 N–H and O–H groups in total. The fourth-order valence-corrected chi connectivity index (χ4v) is 3.93. The van der Waals surface area contributed by atoms with Crippen LogP contribution in [0.4, 0.5) is 5.69 Å². The molecule has 0 unspecified atom stereocenters. The summed E-state index contributed by atoms with van der Waals surface area (Å²) in [6.45, 7) is 2.22. The molecule has 0 radical (unpaired) electrons. The number of benzene rings is 2. The molecule has 0 aliphatic rings. The quantitative estimate of drug-likeness (QED) is 0.706. The Hall–Kier alpha value is -2.71. The fraction of sp³-hybridized carbons (Fsp3) is 0.263. The van der Waals surface area contributed by atoms with Crippen molar-refractivity contribution in [2.24, 2.45) is 0 Å². The summed E-state index contributed by atoms with van der Waals surface area (Å²) in [4.78, 5) is 16.8. The molecule has 0 fully saturated rings. The first-order valence-electron chi connectivity index (χ1n) is 8.52. The molecule has 7 nitrogen and oxygen atoms in total. The molecular formula is C19H22N4O3S. The third kappa shape index (κ3) is 4.01. The van der Waals surface area contributed by atoms with Crippen LogP contribution < -0.4 is 5.32 Å². The van der Waals surface area contributed by atoms with Gasteiger partial charge in [-0.1, -0.05) is 18.2 Å². The number of hydrogen-bond acceptors (Lipinski definition) is 4. The number of nitrogens with zero attached hydrogens (tertiary/aromatic N) is 3. The van der Waals surface area contributed by atoms with Crippen LogP contribution >= 0.6 is 0 Å². The van der Waals surface area contributed by atoms with Crippen molar-refractivity contribution in [2.75, 3.05) is 19.4 Å². The fourth-order valence-electron chi connectivity index (χ4n) is 2.79. The minimum Gasteiger partial charge on any atom is -0.330 e. The number of anilines is 1. The monoisotopic (exact) mass is 386 g/mol. The second kappa shape index (κ2) is 7.50. The number of amides is 1. The van der Waals surface area contributed by atoms with Gasteiger partial charge in [-0.05, 0) is 36.8 Å². The van der Waals surface area contributed by atoms with E-state index in [1.165, 1.54) is 20.2 Å². The van der Waals surface area contributed by atoms with E-state index < -0.39 is 10.0 Å². The van der Waals surface area contributed by atoms with E-state index in [4.69, 9.17) is 0 Å². The molecule has 0 saturated carbocycles. The molecule has 0 aliphatic heterocycles. The van der Waals surface area contributed by atoms with Gasteiger partial charge in [0.15, 0.2) is 0 Å². The Balaban J connectivity index is 1.71. The first-order valence-corrected chi connectivity index (χ1v) is 9.96. The first kappa shape index (κ1) is 19.1. The number of hydrogen-bond donors (Lipinski definition) is 1. The number of rotatable bonds is 6. The number of fused-ring (bicyclic) bond motifs is 1. The highest BCUT2D eigenvalue weighted by atomic mass is 32.2. The Bertz CT molecular complexity index is 1090. The van der Waals surface area contributed by atoms with Gasteiger partial charge in [0.2, 0.25) is 15.9 Å². The Morgan fingerprint density at radius 1 is 1.19 bits per heavy atom. The zero-order chi connectivity index (χ0) is 19.6. The third-order valence-corrected chi connectivity index (χ3v) is 6.29. The highest BCUT2D eigenvalue weighted by molar-refractivity contribution is 7.89. The van der Waals surface area contributed by atoms with Crippen molar-refractivity contribution in [2.45, 2.75) is 24.8 Å². The molecule has 1 heterocycles. The summed E-state index contributed by atoms with van der Waals surface area (Å²) >= 11 is 0. The SMILES string of the molecule is Cc1ccc(NC(=O)CCn2cnc3ccccc32)cc1S(=O)(=O)N(C)C. The van der Waals surface area contributed by atoms with Crippen molar-refractivity contribution in [3.8, 4) is 0 Å². The van der Waals surface area contributed by atoms with Gasteiger partial charge in [0.1, 0.15) is 0 Å². The molecule has 3 aromatic rings. The standard InChI is InChI=1S/C19H22N4O3S/c1-14-8-9-15(12-18(14)27(25,26)22(2)3)21-19(24)10-11-23-13-20-16-6-4-5-7-17(16)23/h4-9,12-13H,10-11H2,1-3H3,(H,21,24). The molecule has 0 saturated heterocycles. The van der Waals surface area contributed by atoms with Gasteiger partial charge in [0.05, 0.1) is 22.3 Å². The van der Waals surface area contributed by atoms with Gasteiger partial charge in [-0.2, -0.15) is 0 Å². The molecule has 27 heavy (non-hydrogen) atoms. The van der Waals surface area contributed by atoms with Gasteiger partial charge >= 0.3 is 0 Å². The van der Waals surface area contributed by atoms with Crippen LogP contribution in [0, 0.1) is 6.92 Å². The Morgan fingerprint density at radius 3 is 2.67 bits per heavy atom. The average Bonchev–Trinajstić information content (AvgIpc) is 3.04. The van der Waals surface area contributed by atoms with Gasteiger partial charge < -0.3 is 9.88 Å². The molecule has 3 rings (SSSR count). The smallest absolute Gasteiger partial charge is 0.242 e. The topological polar surface area (TPSA) is 84.3 Å². The van der Waals surface area contributed by atoms with Crippen LogP contribution in [0.25, 0.3) is 11.0 Å². The second-order valence-corrected chi connectivity index (χ2v) is 8.61. The number of nitrogens with one attached hydrogen (secondary N) is 1. The van der Waals surface area contributed by atoms with Crippen LogP contribution in [0.2, 0.25) is 0 Å². The van der Waals surface area contributed by atoms with Gasteiger partial charge in [0, 0.05) is 32.7 Å².